The summed E-state index contributed by atoms with van der Waals surface area (Å²) in [6.07, 6.45) is 3.32. The summed E-state index contributed by atoms with van der Waals surface area (Å²) in [5.41, 5.74) is 4.06. The first-order valence-electron chi connectivity index (χ1n) is 10.8. The number of para-hydroxylation sites is 2. The van der Waals surface area contributed by atoms with Crippen molar-refractivity contribution in [2.45, 2.75) is 13.1 Å². The second kappa shape index (κ2) is 9.22. The number of halogens is 1. The van der Waals surface area contributed by atoms with E-state index in [1.165, 1.54) is 5.56 Å². The van der Waals surface area contributed by atoms with E-state index in [9.17, 15) is 4.79 Å². The molecule has 162 valence electrons. The highest BCUT2D eigenvalue weighted by atomic mass is 79.9. The van der Waals surface area contributed by atoms with Gasteiger partial charge in [-0.1, -0.05) is 42.5 Å². The normalized spacial score (nSPS) is 14.7. The standard InChI is InChI=1S/C25H24BrN5O/c26-21-14-20(15-27-16-21)25(32)30-12-10-29(11-13-30)18-24-28-22-8-4-5-9-23(22)31(24)17-19-6-2-1-3-7-19/h1-9,14-16H,10-13,17-18H2. The van der Waals surface area contributed by atoms with Crippen LogP contribution in [-0.2, 0) is 13.1 Å². The van der Waals surface area contributed by atoms with Gasteiger partial charge in [0.1, 0.15) is 5.82 Å². The lowest BCUT2D eigenvalue weighted by atomic mass is 10.2. The molecule has 1 amide bonds. The Balaban J connectivity index is 1.30. The molecule has 0 spiro atoms. The molecule has 7 heteroatoms. The summed E-state index contributed by atoms with van der Waals surface area (Å²) in [4.78, 5) is 26.2. The highest BCUT2D eigenvalue weighted by Gasteiger charge is 2.24. The summed E-state index contributed by atoms with van der Waals surface area (Å²) >= 11 is 3.40. The Kier molecular flexibility index (Phi) is 6.01. The third-order valence-corrected chi connectivity index (χ3v) is 6.33. The molecule has 0 saturated carbocycles. The Morgan fingerprint density at radius 1 is 0.906 bits per heavy atom. The number of amides is 1. The number of pyridine rings is 1. The lowest BCUT2D eigenvalue weighted by Crippen LogP contribution is -2.48. The van der Waals surface area contributed by atoms with Crippen LogP contribution in [0.15, 0.2) is 77.5 Å². The summed E-state index contributed by atoms with van der Waals surface area (Å²) in [5.74, 6) is 1.10. The van der Waals surface area contributed by atoms with Crippen molar-refractivity contribution >= 4 is 32.9 Å². The number of fused-ring (bicyclic) bond motifs is 1. The van der Waals surface area contributed by atoms with E-state index >= 15 is 0 Å². The third kappa shape index (κ3) is 4.45. The maximum absolute atomic E-state index is 12.8. The van der Waals surface area contributed by atoms with Gasteiger partial charge in [-0.2, -0.15) is 0 Å². The number of nitrogens with zero attached hydrogens (tertiary/aromatic N) is 5. The minimum atomic E-state index is 0.0368. The van der Waals surface area contributed by atoms with Gasteiger partial charge in [-0.15, -0.1) is 0 Å². The molecule has 1 aliphatic rings. The highest BCUT2D eigenvalue weighted by molar-refractivity contribution is 9.10. The number of piperazine rings is 1. The summed E-state index contributed by atoms with van der Waals surface area (Å²) in [6, 6.07) is 20.6. The molecule has 0 unspecified atom stereocenters. The summed E-state index contributed by atoms with van der Waals surface area (Å²) in [7, 11) is 0. The summed E-state index contributed by atoms with van der Waals surface area (Å²) < 4.78 is 3.13. The summed E-state index contributed by atoms with van der Waals surface area (Å²) in [6.45, 7) is 4.60. The van der Waals surface area contributed by atoms with Crippen LogP contribution in [0.5, 0.6) is 0 Å². The van der Waals surface area contributed by atoms with Crippen LogP contribution in [0.3, 0.4) is 0 Å². The zero-order valence-electron chi connectivity index (χ0n) is 17.7. The number of carbonyl (C=O) groups is 1. The molecule has 3 heterocycles. The number of carbonyl (C=O) groups excluding carboxylic acids is 1. The first-order chi connectivity index (χ1) is 15.7. The van der Waals surface area contributed by atoms with Crippen molar-refractivity contribution in [2.24, 2.45) is 0 Å². The number of benzene rings is 2. The molecule has 4 aromatic rings. The van der Waals surface area contributed by atoms with Crippen LogP contribution in [-0.4, -0.2) is 56.4 Å². The first kappa shape index (κ1) is 20.8. The number of hydrogen-bond donors (Lipinski definition) is 0. The molecule has 0 radical (unpaired) electrons. The van der Waals surface area contributed by atoms with Gasteiger partial charge in [-0.05, 0) is 39.7 Å². The zero-order valence-corrected chi connectivity index (χ0v) is 19.3. The predicted octanol–water partition coefficient (Wildman–Crippen LogP) is 4.20. The molecule has 0 aliphatic carbocycles. The molecule has 32 heavy (non-hydrogen) atoms. The molecular formula is C25H24BrN5O. The number of hydrogen-bond acceptors (Lipinski definition) is 4. The maximum Gasteiger partial charge on any atom is 0.255 e. The molecule has 2 aromatic carbocycles. The van der Waals surface area contributed by atoms with Crippen LogP contribution in [0.4, 0.5) is 0 Å². The lowest BCUT2D eigenvalue weighted by Gasteiger charge is -2.34. The molecule has 6 nitrogen and oxygen atoms in total. The molecule has 0 bridgehead atoms. The van der Waals surface area contributed by atoms with Crippen molar-refractivity contribution in [3.8, 4) is 0 Å². The Hall–Kier alpha value is -3.03. The Morgan fingerprint density at radius 3 is 2.44 bits per heavy atom. The molecule has 0 N–H and O–H groups in total. The van der Waals surface area contributed by atoms with Gasteiger partial charge >= 0.3 is 0 Å². The topological polar surface area (TPSA) is 54.3 Å². The van der Waals surface area contributed by atoms with E-state index in [-0.39, 0.29) is 5.91 Å². The SMILES string of the molecule is O=C(c1cncc(Br)c1)N1CCN(Cc2nc3ccccc3n2Cc2ccccc2)CC1. The van der Waals surface area contributed by atoms with Gasteiger partial charge in [0.2, 0.25) is 0 Å². The Bertz CT molecular complexity index is 1230. The zero-order chi connectivity index (χ0) is 21.9. The van der Waals surface area contributed by atoms with Crippen LogP contribution < -0.4 is 0 Å². The molecule has 2 aromatic heterocycles. The van der Waals surface area contributed by atoms with Crippen LogP contribution in [0.1, 0.15) is 21.7 Å². The molecule has 5 rings (SSSR count). The van der Waals surface area contributed by atoms with Gasteiger partial charge in [0.15, 0.2) is 0 Å². The third-order valence-electron chi connectivity index (χ3n) is 5.89. The fraction of sp³-hybridized carbons (Fsp3) is 0.240. The molecule has 0 atom stereocenters. The number of aromatic nitrogens is 3. The second-order valence-corrected chi connectivity index (χ2v) is 8.96. The van der Waals surface area contributed by atoms with Gasteiger partial charge in [-0.3, -0.25) is 14.7 Å². The molecule has 1 aliphatic heterocycles. The Morgan fingerprint density at radius 2 is 1.66 bits per heavy atom. The fourth-order valence-corrected chi connectivity index (χ4v) is 4.57. The van der Waals surface area contributed by atoms with E-state index in [4.69, 9.17) is 4.98 Å². The average molecular weight is 490 g/mol. The van der Waals surface area contributed by atoms with Crippen LogP contribution in [0.25, 0.3) is 11.0 Å². The van der Waals surface area contributed by atoms with Crippen molar-refractivity contribution in [3.05, 3.63) is 94.5 Å². The van der Waals surface area contributed by atoms with E-state index in [1.54, 1.807) is 12.4 Å². The largest absolute Gasteiger partial charge is 0.336 e. The van der Waals surface area contributed by atoms with Crippen molar-refractivity contribution in [2.75, 3.05) is 26.2 Å². The van der Waals surface area contributed by atoms with E-state index < -0.39 is 0 Å². The van der Waals surface area contributed by atoms with Gasteiger partial charge in [0, 0.05) is 49.6 Å². The van der Waals surface area contributed by atoms with Crippen molar-refractivity contribution < 1.29 is 4.79 Å². The second-order valence-electron chi connectivity index (χ2n) is 8.05. The van der Waals surface area contributed by atoms with E-state index in [2.05, 4.69) is 72.8 Å². The average Bonchev–Trinajstić information content (AvgIpc) is 3.16. The van der Waals surface area contributed by atoms with E-state index in [0.29, 0.717) is 18.7 Å². The monoisotopic (exact) mass is 489 g/mol. The molecular weight excluding hydrogens is 466 g/mol. The minimum absolute atomic E-state index is 0.0368. The quantitative estimate of drug-likeness (QED) is 0.421. The fourth-order valence-electron chi connectivity index (χ4n) is 4.21. The number of rotatable bonds is 5. The lowest BCUT2D eigenvalue weighted by molar-refractivity contribution is 0.0624. The maximum atomic E-state index is 12.8. The van der Waals surface area contributed by atoms with Crippen molar-refractivity contribution in [1.82, 2.24) is 24.3 Å². The highest BCUT2D eigenvalue weighted by Crippen LogP contribution is 2.20. The summed E-state index contributed by atoms with van der Waals surface area (Å²) in [5, 5.41) is 0. The molecule has 1 fully saturated rings. The predicted molar refractivity (Wildman–Crippen MR) is 128 cm³/mol. The smallest absolute Gasteiger partial charge is 0.255 e. The van der Waals surface area contributed by atoms with E-state index in [1.807, 2.05) is 23.1 Å². The Labute approximate surface area is 195 Å². The van der Waals surface area contributed by atoms with E-state index in [0.717, 1.165) is 47.5 Å². The molecule has 1 saturated heterocycles. The van der Waals surface area contributed by atoms with Gasteiger partial charge in [0.25, 0.3) is 5.91 Å². The van der Waals surface area contributed by atoms with Gasteiger partial charge in [-0.25, -0.2) is 4.98 Å². The minimum Gasteiger partial charge on any atom is -0.336 e. The number of imidazole rings is 1. The van der Waals surface area contributed by atoms with Gasteiger partial charge in [0.05, 0.1) is 23.1 Å². The first-order valence-corrected chi connectivity index (χ1v) is 11.6. The van der Waals surface area contributed by atoms with Crippen molar-refractivity contribution in [3.63, 3.8) is 0 Å². The van der Waals surface area contributed by atoms with Gasteiger partial charge < -0.3 is 9.47 Å². The van der Waals surface area contributed by atoms with Crippen molar-refractivity contribution in [1.29, 1.82) is 0 Å². The van der Waals surface area contributed by atoms with Crippen LogP contribution >= 0.6 is 15.9 Å². The van der Waals surface area contributed by atoms with Crippen LogP contribution in [0.2, 0.25) is 0 Å². The van der Waals surface area contributed by atoms with Crippen LogP contribution in [0, 0.1) is 0 Å².